The SMILES string of the molecule is Cc1cccc(NC(=O)CCN2CCC(CO)CC2)c1. The van der Waals surface area contributed by atoms with Crippen LogP contribution in [0.15, 0.2) is 24.3 Å². The van der Waals surface area contributed by atoms with Crippen molar-refractivity contribution in [2.24, 2.45) is 5.92 Å². The minimum absolute atomic E-state index is 0.0693. The Bertz CT molecular complexity index is 440. The third-order valence-electron chi connectivity index (χ3n) is 3.92. The van der Waals surface area contributed by atoms with Crippen molar-refractivity contribution in [3.8, 4) is 0 Å². The van der Waals surface area contributed by atoms with Crippen molar-refractivity contribution in [1.29, 1.82) is 0 Å². The first-order valence-electron chi connectivity index (χ1n) is 7.37. The second-order valence-corrected chi connectivity index (χ2v) is 5.64. The highest BCUT2D eigenvalue weighted by atomic mass is 16.3. The molecule has 0 unspecified atom stereocenters. The Morgan fingerprint density at radius 2 is 2.15 bits per heavy atom. The van der Waals surface area contributed by atoms with Crippen molar-refractivity contribution in [3.63, 3.8) is 0 Å². The number of nitrogens with zero attached hydrogens (tertiary/aromatic N) is 1. The lowest BCUT2D eigenvalue weighted by atomic mass is 9.98. The summed E-state index contributed by atoms with van der Waals surface area (Å²) in [5.41, 5.74) is 2.02. The van der Waals surface area contributed by atoms with E-state index in [0.717, 1.165) is 43.7 Å². The van der Waals surface area contributed by atoms with Gasteiger partial charge in [0.2, 0.25) is 5.91 Å². The number of carbonyl (C=O) groups is 1. The molecule has 0 radical (unpaired) electrons. The van der Waals surface area contributed by atoms with Crippen LogP contribution in [0.1, 0.15) is 24.8 Å². The van der Waals surface area contributed by atoms with Crippen LogP contribution in [0.2, 0.25) is 0 Å². The molecule has 1 aliphatic rings. The second-order valence-electron chi connectivity index (χ2n) is 5.64. The molecule has 1 amide bonds. The summed E-state index contributed by atoms with van der Waals surface area (Å²) < 4.78 is 0. The Kier molecular flexibility index (Phi) is 5.56. The smallest absolute Gasteiger partial charge is 0.225 e. The summed E-state index contributed by atoms with van der Waals surface area (Å²) in [5.74, 6) is 0.521. The van der Waals surface area contributed by atoms with Gasteiger partial charge in [0.1, 0.15) is 0 Å². The number of amides is 1. The van der Waals surface area contributed by atoms with Gasteiger partial charge in [0, 0.05) is 25.3 Å². The lowest BCUT2D eigenvalue weighted by Gasteiger charge is -2.30. The second kappa shape index (κ2) is 7.41. The molecule has 0 aliphatic carbocycles. The Morgan fingerprint density at radius 1 is 1.40 bits per heavy atom. The molecule has 1 fully saturated rings. The lowest BCUT2D eigenvalue weighted by Crippen LogP contribution is -2.36. The minimum Gasteiger partial charge on any atom is -0.396 e. The van der Waals surface area contributed by atoms with Gasteiger partial charge in [-0.15, -0.1) is 0 Å². The van der Waals surface area contributed by atoms with Gasteiger partial charge < -0.3 is 15.3 Å². The first-order chi connectivity index (χ1) is 9.67. The summed E-state index contributed by atoms with van der Waals surface area (Å²) >= 11 is 0. The molecular formula is C16H24N2O2. The molecule has 2 rings (SSSR count). The van der Waals surface area contributed by atoms with Crippen molar-refractivity contribution >= 4 is 11.6 Å². The number of nitrogens with one attached hydrogen (secondary N) is 1. The van der Waals surface area contributed by atoms with E-state index in [2.05, 4.69) is 10.2 Å². The minimum atomic E-state index is 0.0693. The van der Waals surface area contributed by atoms with Gasteiger partial charge in [-0.25, -0.2) is 0 Å². The summed E-state index contributed by atoms with van der Waals surface area (Å²) in [4.78, 5) is 14.2. The summed E-state index contributed by atoms with van der Waals surface area (Å²) in [7, 11) is 0. The third-order valence-corrected chi connectivity index (χ3v) is 3.92. The summed E-state index contributed by atoms with van der Waals surface area (Å²) in [6.45, 7) is 5.09. The molecule has 1 aliphatic heterocycles. The van der Waals surface area contributed by atoms with Crippen LogP contribution in [-0.4, -0.2) is 42.2 Å². The summed E-state index contributed by atoms with van der Waals surface area (Å²) in [6, 6.07) is 7.86. The number of aliphatic hydroxyl groups is 1. The van der Waals surface area contributed by atoms with Crippen molar-refractivity contribution in [2.75, 3.05) is 31.6 Å². The molecule has 1 heterocycles. The number of carbonyl (C=O) groups excluding carboxylic acids is 1. The Hall–Kier alpha value is -1.39. The van der Waals surface area contributed by atoms with Crippen LogP contribution in [-0.2, 0) is 4.79 Å². The monoisotopic (exact) mass is 276 g/mol. The molecule has 4 nitrogen and oxygen atoms in total. The normalized spacial score (nSPS) is 17.1. The molecule has 0 saturated carbocycles. The topological polar surface area (TPSA) is 52.6 Å². The molecule has 1 aromatic carbocycles. The molecule has 2 N–H and O–H groups in total. The fourth-order valence-electron chi connectivity index (χ4n) is 2.60. The van der Waals surface area contributed by atoms with Gasteiger partial charge >= 0.3 is 0 Å². The van der Waals surface area contributed by atoms with Gasteiger partial charge in [0.05, 0.1) is 0 Å². The Morgan fingerprint density at radius 3 is 2.80 bits per heavy atom. The highest BCUT2D eigenvalue weighted by molar-refractivity contribution is 5.90. The molecule has 0 bridgehead atoms. The quantitative estimate of drug-likeness (QED) is 0.865. The molecule has 20 heavy (non-hydrogen) atoms. The molecule has 1 aromatic rings. The fourth-order valence-corrected chi connectivity index (χ4v) is 2.60. The number of aliphatic hydroxyl groups excluding tert-OH is 1. The first-order valence-corrected chi connectivity index (χ1v) is 7.37. The van der Waals surface area contributed by atoms with Crippen LogP contribution in [0.5, 0.6) is 0 Å². The van der Waals surface area contributed by atoms with Gasteiger partial charge in [0.25, 0.3) is 0 Å². The summed E-state index contributed by atoms with van der Waals surface area (Å²) in [5, 5.41) is 12.0. The van der Waals surface area contributed by atoms with Crippen molar-refractivity contribution in [2.45, 2.75) is 26.2 Å². The van der Waals surface area contributed by atoms with Gasteiger partial charge in [-0.3, -0.25) is 4.79 Å². The number of aryl methyl sites for hydroxylation is 1. The van der Waals surface area contributed by atoms with Crippen LogP contribution in [0.25, 0.3) is 0 Å². The molecule has 0 spiro atoms. The van der Waals surface area contributed by atoms with Crippen LogP contribution in [0, 0.1) is 12.8 Å². The van der Waals surface area contributed by atoms with Crippen molar-refractivity contribution < 1.29 is 9.90 Å². The van der Waals surface area contributed by atoms with Crippen LogP contribution in [0.3, 0.4) is 0 Å². The zero-order valence-corrected chi connectivity index (χ0v) is 12.1. The molecule has 0 aromatic heterocycles. The average Bonchev–Trinajstić information content (AvgIpc) is 2.46. The molecular weight excluding hydrogens is 252 g/mol. The molecule has 110 valence electrons. The van der Waals surface area contributed by atoms with E-state index >= 15 is 0 Å². The zero-order valence-electron chi connectivity index (χ0n) is 12.1. The first kappa shape index (κ1) is 15.0. The maximum atomic E-state index is 11.9. The van der Waals surface area contributed by atoms with Crippen molar-refractivity contribution in [1.82, 2.24) is 4.90 Å². The number of likely N-dealkylation sites (tertiary alicyclic amines) is 1. The van der Waals surface area contributed by atoms with Crippen LogP contribution < -0.4 is 5.32 Å². The standard InChI is InChI=1S/C16H24N2O2/c1-13-3-2-4-15(11-13)17-16(20)7-10-18-8-5-14(12-19)6-9-18/h2-4,11,14,19H,5-10,12H2,1H3,(H,17,20). The zero-order chi connectivity index (χ0) is 14.4. The average molecular weight is 276 g/mol. The number of piperidine rings is 1. The van der Waals surface area contributed by atoms with E-state index in [-0.39, 0.29) is 5.91 Å². The predicted molar refractivity (Wildman–Crippen MR) is 80.7 cm³/mol. The van der Waals surface area contributed by atoms with Crippen molar-refractivity contribution in [3.05, 3.63) is 29.8 Å². The Labute approximate surface area is 120 Å². The highest BCUT2D eigenvalue weighted by Gasteiger charge is 2.18. The maximum Gasteiger partial charge on any atom is 0.225 e. The largest absolute Gasteiger partial charge is 0.396 e. The molecule has 1 saturated heterocycles. The van der Waals surface area contributed by atoms with Crippen LogP contribution >= 0.6 is 0 Å². The number of rotatable bonds is 5. The van der Waals surface area contributed by atoms with E-state index in [0.29, 0.717) is 18.9 Å². The van der Waals surface area contributed by atoms with E-state index in [1.165, 1.54) is 0 Å². The Balaban J connectivity index is 1.70. The third kappa shape index (κ3) is 4.62. The highest BCUT2D eigenvalue weighted by Crippen LogP contribution is 2.16. The number of benzene rings is 1. The van der Waals surface area contributed by atoms with E-state index in [4.69, 9.17) is 5.11 Å². The lowest BCUT2D eigenvalue weighted by molar-refractivity contribution is -0.116. The van der Waals surface area contributed by atoms with Gasteiger partial charge in [-0.05, 0) is 56.5 Å². The van der Waals surface area contributed by atoms with Crippen LogP contribution in [0.4, 0.5) is 5.69 Å². The fraction of sp³-hybridized carbons (Fsp3) is 0.562. The molecule has 4 heteroatoms. The van der Waals surface area contributed by atoms with E-state index in [9.17, 15) is 4.79 Å². The van der Waals surface area contributed by atoms with Gasteiger partial charge in [0.15, 0.2) is 0 Å². The van der Waals surface area contributed by atoms with E-state index < -0.39 is 0 Å². The van der Waals surface area contributed by atoms with Gasteiger partial charge in [-0.2, -0.15) is 0 Å². The predicted octanol–water partition coefficient (Wildman–Crippen LogP) is 2.03. The summed E-state index contributed by atoms with van der Waals surface area (Å²) in [6.07, 6.45) is 2.60. The van der Waals surface area contributed by atoms with Gasteiger partial charge in [-0.1, -0.05) is 12.1 Å². The van der Waals surface area contributed by atoms with E-state index in [1.54, 1.807) is 0 Å². The van der Waals surface area contributed by atoms with E-state index in [1.807, 2.05) is 31.2 Å². The number of anilines is 1. The number of hydrogen-bond donors (Lipinski definition) is 2. The maximum absolute atomic E-state index is 11.9. The number of hydrogen-bond acceptors (Lipinski definition) is 3. The molecule has 0 atom stereocenters.